The molecule has 0 spiro atoms. The van der Waals surface area contributed by atoms with Gasteiger partial charge in [0.2, 0.25) is 0 Å². The summed E-state index contributed by atoms with van der Waals surface area (Å²) >= 11 is 0. The molecule has 2 atom stereocenters. The summed E-state index contributed by atoms with van der Waals surface area (Å²) in [6.07, 6.45) is 14.9. The van der Waals surface area contributed by atoms with Crippen molar-refractivity contribution >= 4 is 0 Å². The summed E-state index contributed by atoms with van der Waals surface area (Å²) in [6.45, 7) is 0. The first-order valence-corrected chi connectivity index (χ1v) is 22.7. The number of hydrogen-bond acceptors (Lipinski definition) is 7. The van der Waals surface area contributed by atoms with Crippen LogP contribution in [0.25, 0.3) is 101 Å². The average molecular weight is 876 g/mol. The second-order valence-corrected chi connectivity index (χ2v) is 16.8. The van der Waals surface area contributed by atoms with Crippen molar-refractivity contribution in [3.8, 4) is 112 Å². The van der Waals surface area contributed by atoms with E-state index in [0.29, 0.717) is 29.0 Å². The SMILES string of the molecule is C1=CC2Oc3c(-c4ccc(-c5ccc(-c6cc(-c7cccnc7)cc(-c7cccnc7)c6)cc5)cc4)ccc(-c4nc(-c5ccccc5)nc(-c5ccc(-c6ccccc6)cc5)n4)c3OC2C=C1. The lowest BCUT2D eigenvalue weighted by Gasteiger charge is -2.34. The summed E-state index contributed by atoms with van der Waals surface area (Å²) in [7, 11) is 0. The Hall–Kier alpha value is -9.07. The topological polar surface area (TPSA) is 82.9 Å². The standard InChI is InChI=1S/C61H41N5O2/c1-3-11-40(12-4-1)41-25-29-47(30-26-41)60-64-59(46-13-5-2-6-14-46)65-61(66-60)54-32-31-53(57-58(54)68-56-18-8-7-17-55(56)67-57)45-27-23-43(24-28-45)42-19-21-44(22-20-42)50-35-51(48-15-9-33-62-38-48)37-52(36-50)49-16-10-34-63-39-49/h1-39,55-56H. The number of nitrogens with zero attached hydrogens (tertiary/aromatic N) is 5. The Kier molecular flexibility index (Phi) is 10.5. The van der Waals surface area contributed by atoms with E-state index in [1.54, 1.807) is 12.4 Å². The molecule has 68 heavy (non-hydrogen) atoms. The smallest absolute Gasteiger partial charge is 0.174 e. The fourth-order valence-electron chi connectivity index (χ4n) is 8.93. The third kappa shape index (κ3) is 8.03. The van der Waals surface area contributed by atoms with Crippen LogP contribution in [0.15, 0.2) is 237 Å². The van der Waals surface area contributed by atoms with Gasteiger partial charge in [-0.15, -0.1) is 0 Å². The maximum atomic E-state index is 6.88. The number of benzene rings is 7. The van der Waals surface area contributed by atoms with Crippen LogP contribution in [-0.2, 0) is 0 Å². The normalized spacial score (nSPS) is 14.6. The maximum absolute atomic E-state index is 6.88. The predicted molar refractivity (Wildman–Crippen MR) is 271 cm³/mol. The van der Waals surface area contributed by atoms with Gasteiger partial charge in [0.15, 0.2) is 41.2 Å². The number of allylic oxidation sites excluding steroid dienone is 2. The molecule has 0 saturated carbocycles. The van der Waals surface area contributed by atoms with Gasteiger partial charge in [0.05, 0.1) is 5.56 Å². The van der Waals surface area contributed by atoms with Gasteiger partial charge in [-0.25, -0.2) is 15.0 Å². The highest BCUT2D eigenvalue weighted by Gasteiger charge is 2.34. The summed E-state index contributed by atoms with van der Waals surface area (Å²) in [4.78, 5) is 24.0. The van der Waals surface area contributed by atoms with Crippen molar-refractivity contribution in [1.29, 1.82) is 0 Å². The van der Waals surface area contributed by atoms with Crippen molar-refractivity contribution in [1.82, 2.24) is 24.9 Å². The van der Waals surface area contributed by atoms with E-state index < -0.39 is 0 Å². The van der Waals surface area contributed by atoms with Gasteiger partial charge in [0, 0.05) is 52.6 Å². The minimum atomic E-state index is -0.313. The van der Waals surface area contributed by atoms with Crippen LogP contribution in [0, 0.1) is 0 Å². The van der Waals surface area contributed by atoms with Gasteiger partial charge in [-0.1, -0.05) is 158 Å². The number of hydrogen-bond donors (Lipinski definition) is 0. The van der Waals surface area contributed by atoms with Crippen LogP contribution in [0.1, 0.15) is 0 Å². The van der Waals surface area contributed by atoms with Gasteiger partial charge in [0.25, 0.3) is 0 Å². The third-order valence-electron chi connectivity index (χ3n) is 12.5. The lowest BCUT2D eigenvalue weighted by Crippen LogP contribution is -2.38. The first kappa shape index (κ1) is 40.4. The summed E-state index contributed by atoms with van der Waals surface area (Å²) in [5, 5.41) is 0. The fraction of sp³-hybridized carbons (Fsp3) is 0.0328. The molecular weight excluding hydrogens is 835 g/mol. The van der Waals surface area contributed by atoms with Crippen LogP contribution in [0.5, 0.6) is 11.5 Å². The van der Waals surface area contributed by atoms with Crippen LogP contribution >= 0.6 is 0 Å². The second-order valence-electron chi connectivity index (χ2n) is 16.8. The quantitative estimate of drug-likeness (QED) is 0.143. The molecular formula is C61H41N5O2. The molecule has 0 N–H and O–H groups in total. The monoisotopic (exact) mass is 875 g/mol. The largest absolute Gasteiger partial charge is 0.478 e. The molecule has 1 aliphatic heterocycles. The minimum absolute atomic E-state index is 0.290. The number of aromatic nitrogens is 5. The number of pyridine rings is 2. The van der Waals surface area contributed by atoms with E-state index in [-0.39, 0.29) is 12.2 Å². The first-order valence-electron chi connectivity index (χ1n) is 22.7. The zero-order valence-electron chi connectivity index (χ0n) is 36.7. The molecule has 10 aromatic rings. The number of fused-ring (bicyclic) bond motifs is 2. The lowest BCUT2D eigenvalue weighted by atomic mass is 9.93. The van der Waals surface area contributed by atoms with Gasteiger partial charge in [0.1, 0.15) is 0 Å². The predicted octanol–water partition coefficient (Wildman–Crippen LogP) is 14.3. The van der Waals surface area contributed by atoms with Crippen molar-refractivity contribution in [2.75, 3.05) is 0 Å². The van der Waals surface area contributed by atoms with E-state index in [2.05, 4.69) is 131 Å². The Balaban J connectivity index is 0.890. The molecule has 0 amide bonds. The third-order valence-corrected chi connectivity index (χ3v) is 12.5. The van der Waals surface area contributed by atoms with Gasteiger partial charge in [-0.2, -0.15) is 0 Å². The van der Waals surface area contributed by atoms with Crippen molar-refractivity contribution in [2.45, 2.75) is 12.2 Å². The Bertz CT molecular complexity index is 3410. The minimum Gasteiger partial charge on any atom is -0.478 e. The zero-order chi connectivity index (χ0) is 45.2. The van der Waals surface area contributed by atoms with Crippen molar-refractivity contribution in [3.63, 3.8) is 0 Å². The van der Waals surface area contributed by atoms with E-state index in [0.717, 1.165) is 83.5 Å². The summed E-state index contributed by atoms with van der Waals surface area (Å²) in [6, 6.07) is 65.0. The van der Waals surface area contributed by atoms with Crippen LogP contribution < -0.4 is 9.47 Å². The second kappa shape index (κ2) is 17.7. The molecule has 2 unspecified atom stereocenters. The van der Waals surface area contributed by atoms with Gasteiger partial charge in [-0.3, -0.25) is 9.97 Å². The molecule has 0 fully saturated rings. The molecule has 7 aromatic carbocycles. The highest BCUT2D eigenvalue weighted by Crippen LogP contribution is 2.49. The molecule has 0 radical (unpaired) electrons. The molecule has 1 aliphatic carbocycles. The van der Waals surface area contributed by atoms with Crippen molar-refractivity contribution in [3.05, 3.63) is 237 Å². The van der Waals surface area contributed by atoms with E-state index in [1.807, 2.05) is 103 Å². The van der Waals surface area contributed by atoms with Crippen molar-refractivity contribution in [2.24, 2.45) is 0 Å². The Morgan fingerprint density at radius 1 is 0.294 bits per heavy atom. The van der Waals surface area contributed by atoms with Gasteiger partial charge >= 0.3 is 0 Å². The molecule has 2 aliphatic rings. The van der Waals surface area contributed by atoms with E-state index in [1.165, 1.54) is 0 Å². The molecule has 7 heteroatoms. The van der Waals surface area contributed by atoms with Crippen LogP contribution in [0.4, 0.5) is 0 Å². The highest BCUT2D eigenvalue weighted by molar-refractivity contribution is 5.85. The maximum Gasteiger partial charge on any atom is 0.174 e. The molecule has 322 valence electrons. The zero-order valence-corrected chi connectivity index (χ0v) is 36.7. The Labute approximate surface area is 394 Å². The van der Waals surface area contributed by atoms with E-state index in [4.69, 9.17) is 24.4 Å². The summed E-state index contributed by atoms with van der Waals surface area (Å²) < 4.78 is 13.7. The van der Waals surface area contributed by atoms with Crippen LogP contribution in [0.2, 0.25) is 0 Å². The Morgan fingerprint density at radius 2 is 0.662 bits per heavy atom. The fourth-order valence-corrected chi connectivity index (χ4v) is 8.93. The van der Waals surface area contributed by atoms with Crippen LogP contribution in [-0.4, -0.2) is 37.1 Å². The van der Waals surface area contributed by atoms with E-state index >= 15 is 0 Å². The first-order chi connectivity index (χ1) is 33.7. The summed E-state index contributed by atoms with van der Waals surface area (Å²) in [5.41, 5.74) is 15.5. The molecule has 3 aromatic heterocycles. The molecule has 4 heterocycles. The molecule has 0 bridgehead atoms. The van der Waals surface area contributed by atoms with Crippen LogP contribution in [0.3, 0.4) is 0 Å². The molecule has 12 rings (SSSR count). The van der Waals surface area contributed by atoms with Gasteiger partial charge < -0.3 is 9.47 Å². The van der Waals surface area contributed by atoms with Gasteiger partial charge in [-0.05, 0) is 105 Å². The van der Waals surface area contributed by atoms with E-state index in [9.17, 15) is 0 Å². The lowest BCUT2D eigenvalue weighted by molar-refractivity contribution is 0.0769. The highest BCUT2D eigenvalue weighted by atomic mass is 16.6. The Morgan fingerprint density at radius 3 is 1.16 bits per heavy atom. The molecule has 7 nitrogen and oxygen atoms in total. The molecule has 0 saturated heterocycles. The average Bonchev–Trinajstić information content (AvgIpc) is 3.43. The summed E-state index contributed by atoms with van der Waals surface area (Å²) in [5.74, 6) is 2.88. The number of rotatable bonds is 9. The van der Waals surface area contributed by atoms with Crippen molar-refractivity contribution < 1.29 is 9.47 Å². The number of ether oxygens (including phenoxy) is 2.